The molecule has 0 atom stereocenters. The van der Waals surface area contributed by atoms with Crippen molar-refractivity contribution in [1.29, 1.82) is 0 Å². The number of benzene rings is 2. The molecular formula is C14H14Cl2O4. The molecule has 2 aromatic carbocycles. The highest BCUT2D eigenvalue weighted by molar-refractivity contribution is 6.31. The Hall–Kier alpha value is -1.78. The van der Waals surface area contributed by atoms with Crippen molar-refractivity contribution in [2.24, 2.45) is 0 Å². The van der Waals surface area contributed by atoms with Crippen molar-refractivity contribution in [3.8, 4) is 23.0 Å². The van der Waals surface area contributed by atoms with Gasteiger partial charge < -0.3 is 19.7 Å². The topological polar surface area (TPSA) is 58.9 Å². The number of methoxy groups -OCH3 is 2. The molecule has 6 heteroatoms. The van der Waals surface area contributed by atoms with Crippen molar-refractivity contribution in [3.63, 3.8) is 0 Å². The lowest BCUT2D eigenvalue weighted by Crippen LogP contribution is -1.81. The van der Waals surface area contributed by atoms with Gasteiger partial charge in [0.05, 0.1) is 14.2 Å². The molecule has 0 radical (unpaired) electrons. The fourth-order valence-electron chi connectivity index (χ4n) is 1.31. The molecule has 108 valence electrons. The first-order chi connectivity index (χ1) is 9.47. The smallest absolute Gasteiger partial charge is 0.161 e. The Morgan fingerprint density at radius 2 is 1.30 bits per heavy atom. The Morgan fingerprint density at radius 1 is 0.750 bits per heavy atom. The predicted molar refractivity (Wildman–Crippen MR) is 79.3 cm³/mol. The fraction of sp³-hybridized carbons (Fsp3) is 0.143. The second kappa shape index (κ2) is 7.72. The maximum atomic E-state index is 9.08. The van der Waals surface area contributed by atoms with Crippen molar-refractivity contribution in [2.45, 2.75) is 0 Å². The summed E-state index contributed by atoms with van der Waals surface area (Å²) in [5, 5.41) is 19.2. The number of hydrogen-bond acceptors (Lipinski definition) is 4. The van der Waals surface area contributed by atoms with Crippen LogP contribution < -0.4 is 9.47 Å². The maximum Gasteiger partial charge on any atom is 0.161 e. The minimum Gasteiger partial charge on any atom is -0.504 e. The largest absolute Gasteiger partial charge is 0.504 e. The third kappa shape index (κ3) is 4.72. The van der Waals surface area contributed by atoms with E-state index in [1.165, 1.54) is 26.4 Å². The van der Waals surface area contributed by atoms with Gasteiger partial charge in [-0.05, 0) is 24.3 Å². The van der Waals surface area contributed by atoms with Gasteiger partial charge in [0, 0.05) is 22.2 Å². The van der Waals surface area contributed by atoms with Gasteiger partial charge in [0.25, 0.3) is 0 Å². The van der Waals surface area contributed by atoms with Crippen molar-refractivity contribution >= 4 is 23.2 Å². The minimum absolute atomic E-state index is 0.0648. The van der Waals surface area contributed by atoms with Gasteiger partial charge in [-0.15, -0.1) is 0 Å². The highest BCUT2D eigenvalue weighted by atomic mass is 35.5. The van der Waals surface area contributed by atoms with Gasteiger partial charge in [-0.25, -0.2) is 0 Å². The van der Waals surface area contributed by atoms with Crippen LogP contribution in [0.1, 0.15) is 0 Å². The molecule has 0 heterocycles. The fourth-order valence-corrected chi connectivity index (χ4v) is 1.64. The first-order valence-electron chi connectivity index (χ1n) is 5.53. The Morgan fingerprint density at radius 3 is 1.80 bits per heavy atom. The lowest BCUT2D eigenvalue weighted by Gasteiger charge is -2.01. The van der Waals surface area contributed by atoms with Crippen LogP contribution in [0.4, 0.5) is 0 Å². The summed E-state index contributed by atoms with van der Waals surface area (Å²) in [6.45, 7) is 0. The molecule has 2 aromatic rings. The first-order valence-corrected chi connectivity index (χ1v) is 6.28. The molecule has 0 saturated heterocycles. The highest BCUT2D eigenvalue weighted by Gasteiger charge is 1.99. The zero-order chi connectivity index (χ0) is 15.1. The van der Waals surface area contributed by atoms with Gasteiger partial charge >= 0.3 is 0 Å². The normalized spacial score (nSPS) is 9.40. The molecule has 0 unspecified atom stereocenters. The van der Waals surface area contributed by atoms with E-state index in [9.17, 15) is 0 Å². The van der Waals surface area contributed by atoms with E-state index in [1.54, 1.807) is 24.3 Å². The van der Waals surface area contributed by atoms with Crippen LogP contribution in [0.3, 0.4) is 0 Å². The lowest BCUT2D eigenvalue weighted by atomic mass is 10.3. The summed E-state index contributed by atoms with van der Waals surface area (Å²) in [5.41, 5.74) is 0. The van der Waals surface area contributed by atoms with Crippen LogP contribution in [0.5, 0.6) is 23.0 Å². The van der Waals surface area contributed by atoms with Crippen LogP contribution in [-0.2, 0) is 0 Å². The molecule has 0 bridgehead atoms. The molecule has 2 rings (SSSR count). The zero-order valence-corrected chi connectivity index (χ0v) is 12.4. The number of hydrogen-bond donors (Lipinski definition) is 2. The van der Waals surface area contributed by atoms with Crippen molar-refractivity contribution in [2.75, 3.05) is 14.2 Å². The van der Waals surface area contributed by atoms with E-state index in [-0.39, 0.29) is 11.5 Å². The summed E-state index contributed by atoms with van der Waals surface area (Å²) in [6, 6.07) is 9.33. The molecule has 0 aliphatic heterocycles. The van der Waals surface area contributed by atoms with Crippen LogP contribution in [0.2, 0.25) is 10.0 Å². The number of ether oxygens (including phenoxy) is 2. The molecule has 0 saturated carbocycles. The van der Waals surface area contributed by atoms with E-state index in [0.717, 1.165) is 0 Å². The Balaban J connectivity index is 0.000000200. The summed E-state index contributed by atoms with van der Waals surface area (Å²) in [7, 11) is 2.97. The van der Waals surface area contributed by atoms with Gasteiger partial charge in [-0.1, -0.05) is 23.2 Å². The second-order valence-electron chi connectivity index (χ2n) is 3.63. The summed E-state index contributed by atoms with van der Waals surface area (Å²) >= 11 is 11.2. The van der Waals surface area contributed by atoms with Crippen LogP contribution in [-0.4, -0.2) is 24.4 Å². The van der Waals surface area contributed by atoms with Gasteiger partial charge in [-0.2, -0.15) is 0 Å². The van der Waals surface area contributed by atoms with Crippen LogP contribution >= 0.6 is 23.2 Å². The SMILES string of the molecule is COc1cc(Cl)ccc1O.COc1ccc(Cl)cc1O. The number of halogens is 2. The summed E-state index contributed by atoms with van der Waals surface area (Å²) in [4.78, 5) is 0. The molecule has 0 fully saturated rings. The van der Waals surface area contributed by atoms with Gasteiger partial charge in [0.15, 0.2) is 23.0 Å². The average Bonchev–Trinajstić information content (AvgIpc) is 2.42. The molecule has 0 aromatic heterocycles. The average molecular weight is 317 g/mol. The molecule has 0 amide bonds. The quantitative estimate of drug-likeness (QED) is 0.875. The summed E-state index contributed by atoms with van der Waals surface area (Å²) in [6.07, 6.45) is 0. The maximum absolute atomic E-state index is 9.08. The van der Waals surface area contributed by atoms with E-state index in [1.807, 2.05) is 0 Å². The predicted octanol–water partition coefficient (Wildman–Crippen LogP) is 4.11. The Labute approximate surface area is 127 Å². The van der Waals surface area contributed by atoms with Crippen molar-refractivity contribution < 1.29 is 19.7 Å². The monoisotopic (exact) mass is 316 g/mol. The highest BCUT2D eigenvalue weighted by Crippen LogP contribution is 2.28. The Bertz CT molecular complexity index is 573. The molecule has 2 N–H and O–H groups in total. The van der Waals surface area contributed by atoms with Gasteiger partial charge in [0.1, 0.15) is 0 Å². The van der Waals surface area contributed by atoms with Crippen molar-refractivity contribution in [1.82, 2.24) is 0 Å². The Kier molecular flexibility index (Phi) is 6.28. The van der Waals surface area contributed by atoms with Gasteiger partial charge in [-0.3, -0.25) is 0 Å². The second-order valence-corrected chi connectivity index (χ2v) is 4.51. The molecule has 0 aliphatic rings. The summed E-state index contributed by atoms with van der Waals surface area (Å²) in [5.74, 6) is 0.999. The molecule has 20 heavy (non-hydrogen) atoms. The van der Waals surface area contributed by atoms with E-state index in [2.05, 4.69) is 0 Å². The zero-order valence-electron chi connectivity index (χ0n) is 10.9. The van der Waals surface area contributed by atoms with Crippen LogP contribution in [0.25, 0.3) is 0 Å². The minimum atomic E-state index is 0.0648. The third-order valence-electron chi connectivity index (χ3n) is 2.28. The van der Waals surface area contributed by atoms with Crippen LogP contribution in [0, 0.1) is 0 Å². The van der Waals surface area contributed by atoms with E-state index < -0.39 is 0 Å². The number of phenols is 2. The van der Waals surface area contributed by atoms with Crippen molar-refractivity contribution in [3.05, 3.63) is 46.4 Å². The molecular weight excluding hydrogens is 303 g/mol. The summed E-state index contributed by atoms with van der Waals surface area (Å²) < 4.78 is 9.58. The first kappa shape index (κ1) is 16.3. The molecule has 0 aliphatic carbocycles. The van der Waals surface area contributed by atoms with E-state index >= 15 is 0 Å². The number of rotatable bonds is 2. The molecule has 4 nitrogen and oxygen atoms in total. The third-order valence-corrected chi connectivity index (χ3v) is 2.75. The van der Waals surface area contributed by atoms with Gasteiger partial charge in [0.2, 0.25) is 0 Å². The lowest BCUT2D eigenvalue weighted by molar-refractivity contribution is 0.373. The van der Waals surface area contributed by atoms with E-state index in [4.69, 9.17) is 42.9 Å². The number of aromatic hydroxyl groups is 2. The van der Waals surface area contributed by atoms with E-state index in [0.29, 0.717) is 21.5 Å². The molecule has 0 spiro atoms. The standard InChI is InChI=1S/2C7H7ClO2/c1-10-7-3-2-5(8)4-6(7)9;1-10-7-4-5(8)2-3-6(7)9/h2*2-4,9H,1H3. The van der Waals surface area contributed by atoms with Crippen LogP contribution in [0.15, 0.2) is 36.4 Å². The number of phenolic OH excluding ortho intramolecular Hbond substituents is 2.